The van der Waals surface area contributed by atoms with Crippen LogP contribution in [0.3, 0.4) is 0 Å². The Morgan fingerprint density at radius 2 is 1.95 bits per heavy atom. The predicted octanol–water partition coefficient (Wildman–Crippen LogP) is 2.69. The van der Waals surface area contributed by atoms with Gasteiger partial charge in [0.2, 0.25) is 5.89 Å². The third-order valence-corrected chi connectivity index (χ3v) is 2.49. The van der Waals surface area contributed by atoms with Crippen molar-refractivity contribution in [3.05, 3.63) is 47.1 Å². The number of nitrogens with zero attached hydrogens (tertiary/aromatic N) is 2. The molecule has 0 saturated heterocycles. The summed E-state index contributed by atoms with van der Waals surface area (Å²) in [6, 6.07) is 5.45. The van der Waals surface area contributed by atoms with Crippen molar-refractivity contribution in [1.82, 2.24) is 15.5 Å². The van der Waals surface area contributed by atoms with Crippen LogP contribution in [0.5, 0.6) is 0 Å². The Balaban J connectivity index is 2.00. The normalized spacial score (nSPS) is 11.8. The van der Waals surface area contributed by atoms with Gasteiger partial charge in [-0.25, -0.2) is 0 Å². The first kappa shape index (κ1) is 13.5. The van der Waals surface area contributed by atoms with Gasteiger partial charge in [-0.3, -0.25) is 0 Å². The number of nitrogens with one attached hydrogen (secondary N) is 1. The molecule has 2 rings (SSSR count). The molecule has 1 heterocycles. The second-order valence-electron chi connectivity index (χ2n) is 3.99. The summed E-state index contributed by atoms with van der Waals surface area (Å²) in [7, 11) is 0. The van der Waals surface area contributed by atoms with E-state index in [4.69, 9.17) is 4.52 Å². The SMILES string of the molecule is Cc1nc(CNCc2ccccc2C(F)(F)F)no1. The van der Waals surface area contributed by atoms with Crippen LogP contribution in [0.15, 0.2) is 28.8 Å². The van der Waals surface area contributed by atoms with Crippen LogP contribution in [0.2, 0.25) is 0 Å². The van der Waals surface area contributed by atoms with Crippen molar-refractivity contribution in [2.45, 2.75) is 26.2 Å². The van der Waals surface area contributed by atoms with E-state index in [0.717, 1.165) is 6.07 Å². The number of alkyl halides is 3. The fraction of sp³-hybridized carbons (Fsp3) is 0.333. The van der Waals surface area contributed by atoms with E-state index in [1.807, 2.05) is 0 Å². The Morgan fingerprint density at radius 1 is 1.21 bits per heavy atom. The molecule has 2 aromatic rings. The molecule has 102 valence electrons. The number of aryl methyl sites for hydroxylation is 1. The summed E-state index contributed by atoms with van der Waals surface area (Å²) in [5.41, 5.74) is -0.443. The summed E-state index contributed by atoms with van der Waals surface area (Å²) in [5, 5.41) is 6.51. The van der Waals surface area contributed by atoms with Crippen molar-refractivity contribution in [3.8, 4) is 0 Å². The van der Waals surface area contributed by atoms with E-state index in [-0.39, 0.29) is 18.7 Å². The van der Waals surface area contributed by atoms with Crippen molar-refractivity contribution in [2.24, 2.45) is 0 Å². The summed E-state index contributed by atoms with van der Waals surface area (Å²) < 4.78 is 43.0. The lowest BCUT2D eigenvalue weighted by atomic mass is 10.1. The van der Waals surface area contributed by atoms with Gasteiger partial charge in [0.05, 0.1) is 12.1 Å². The fourth-order valence-electron chi connectivity index (χ4n) is 1.67. The van der Waals surface area contributed by atoms with Crippen LogP contribution >= 0.6 is 0 Å². The molecule has 0 unspecified atom stereocenters. The predicted molar refractivity (Wildman–Crippen MR) is 61.0 cm³/mol. The molecule has 0 aliphatic heterocycles. The van der Waals surface area contributed by atoms with E-state index in [0.29, 0.717) is 11.7 Å². The van der Waals surface area contributed by atoms with Gasteiger partial charge < -0.3 is 9.84 Å². The van der Waals surface area contributed by atoms with Crippen LogP contribution in [-0.4, -0.2) is 10.1 Å². The van der Waals surface area contributed by atoms with Crippen molar-refractivity contribution in [2.75, 3.05) is 0 Å². The van der Waals surface area contributed by atoms with E-state index in [2.05, 4.69) is 15.5 Å². The van der Waals surface area contributed by atoms with Crippen LogP contribution in [0.25, 0.3) is 0 Å². The maximum atomic E-state index is 12.7. The monoisotopic (exact) mass is 271 g/mol. The highest BCUT2D eigenvalue weighted by molar-refractivity contribution is 5.29. The molecule has 7 heteroatoms. The Kier molecular flexibility index (Phi) is 3.84. The molecule has 0 saturated carbocycles. The van der Waals surface area contributed by atoms with Crippen LogP contribution in [0, 0.1) is 6.92 Å². The lowest BCUT2D eigenvalue weighted by Gasteiger charge is -2.12. The first-order valence-electron chi connectivity index (χ1n) is 5.62. The second-order valence-corrected chi connectivity index (χ2v) is 3.99. The summed E-state index contributed by atoms with van der Waals surface area (Å²) in [5.74, 6) is 0.842. The molecule has 19 heavy (non-hydrogen) atoms. The van der Waals surface area contributed by atoms with Crippen LogP contribution < -0.4 is 5.32 Å². The molecular formula is C12H12F3N3O. The quantitative estimate of drug-likeness (QED) is 0.928. The first-order valence-corrected chi connectivity index (χ1v) is 5.62. The number of benzene rings is 1. The molecule has 0 bridgehead atoms. The Labute approximate surface area is 107 Å². The lowest BCUT2D eigenvalue weighted by molar-refractivity contribution is -0.138. The van der Waals surface area contributed by atoms with Gasteiger partial charge in [0.15, 0.2) is 5.82 Å². The van der Waals surface area contributed by atoms with Crippen LogP contribution in [0.4, 0.5) is 13.2 Å². The minimum atomic E-state index is -4.35. The van der Waals surface area contributed by atoms with Gasteiger partial charge in [-0.15, -0.1) is 0 Å². The number of aromatic nitrogens is 2. The van der Waals surface area contributed by atoms with Crippen LogP contribution in [0.1, 0.15) is 22.8 Å². The van der Waals surface area contributed by atoms with E-state index in [1.165, 1.54) is 12.1 Å². The standard InChI is InChI=1S/C12H12F3N3O/c1-8-17-11(18-19-8)7-16-6-9-4-2-3-5-10(9)12(13,14)15/h2-5,16H,6-7H2,1H3. The maximum absolute atomic E-state index is 12.7. The van der Waals surface area contributed by atoms with Crippen molar-refractivity contribution in [1.29, 1.82) is 0 Å². The smallest absolute Gasteiger partial charge is 0.340 e. The van der Waals surface area contributed by atoms with Gasteiger partial charge in [-0.2, -0.15) is 18.2 Å². The highest BCUT2D eigenvalue weighted by Gasteiger charge is 2.32. The number of rotatable bonds is 4. The second kappa shape index (κ2) is 5.40. The zero-order valence-corrected chi connectivity index (χ0v) is 10.2. The van der Waals surface area contributed by atoms with Gasteiger partial charge in [0.1, 0.15) is 0 Å². The van der Waals surface area contributed by atoms with Gasteiger partial charge in [0.25, 0.3) is 0 Å². The van der Waals surface area contributed by atoms with E-state index < -0.39 is 11.7 Å². The molecule has 0 amide bonds. The van der Waals surface area contributed by atoms with Gasteiger partial charge in [-0.1, -0.05) is 23.4 Å². The maximum Gasteiger partial charge on any atom is 0.416 e. The zero-order chi connectivity index (χ0) is 13.9. The summed E-state index contributed by atoms with van der Waals surface area (Å²) in [6.45, 7) is 1.99. The van der Waals surface area contributed by atoms with E-state index in [1.54, 1.807) is 13.0 Å². The molecule has 1 aromatic carbocycles. The van der Waals surface area contributed by atoms with Gasteiger partial charge >= 0.3 is 6.18 Å². The molecule has 4 nitrogen and oxygen atoms in total. The van der Waals surface area contributed by atoms with E-state index in [9.17, 15) is 13.2 Å². The van der Waals surface area contributed by atoms with Crippen molar-refractivity contribution >= 4 is 0 Å². The molecule has 0 radical (unpaired) electrons. The Morgan fingerprint density at radius 3 is 2.58 bits per heavy atom. The topological polar surface area (TPSA) is 51.0 Å². The molecule has 0 aliphatic carbocycles. The highest BCUT2D eigenvalue weighted by atomic mass is 19.4. The highest BCUT2D eigenvalue weighted by Crippen LogP contribution is 2.31. The van der Waals surface area contributed by atoms with Crippen molar-refractivity contribution < 1.29 is 17.7 Å². The fourth-order valence-corrected chi connectivity index (χ4v) is 1.67. The number of halogens is 3. The lowest BCUT2D eigenvalue weighted by Crippen LogP contribution is -2.17. The average Bonchev–Trinajstić information content (AvgIpc) is 2.74. The zero-order valence-electron chi connectivity index (χ0n) is 10.2. The summed E-state index contributed by atoms with van der Waals surface area (Å²) >= 11 is 0. The summed E-state index contributed by atoms with van der Waals surface area (Å²) in [4.78, 5) is 3.95. The van der Waals surface area contributed by atoms with Gasteiger partial charge in [-0.05, 0) is 11.6 Å². The Bertz CT molecular complexity index is 551. The molecule has 0 spiro atoms. The Hall–Kier alpha value is -1.89. The largest absolute Gasteiger partial charge is 0.416 e. The third-order valence-electron chi connectivity index (χ3n) is 2.49. The van der Waals surface area contributed by atoms with Crippen molar-refractivity contribution in [3.63, 3.8) is 0 Å². The average molecular weight is 271 g/mol. The minimum Gasteiger partial charge on any atom is -0.340 e. The molecule has 1 aromatic heterocycles. The number of hydrogen-bond donors (Lipinski definition) is 1. The molecule has 0 atom stereocenters. The number of hydrogen-bond acceptors (Lipinski definition) is 4. The molecular weight excluding hydrogens is 259 g/mol. The summed E-state index contributed by atoms with van der Waals surface area (Å²) in [6.07, 6.45) is -4.35. The minimum absolute atomic E-state index is 0.0866. The molecule has 0 aliphatic rings. The van der Waals surface area contributed by atoms with E-state index >= 15 is 0 Å². The van der Waals surface area contributed by atoms with Crippen LogP contribution in [-0.2, 0) is 19.3 Å². The van der Waals surface area contributed by atoms with Gasteiger partial charge in [0, 0.05) is 13.5 Å². The molecule has 1 N–H and O–H groups in total. The first-order chi connectivity index (χ1) is 8.97. The third kappa shape index (κ3) is 3.54. The molecule has 0 fully saturated rings.